The van der Waals surface area contributed by atoms with Crippen molar-refractivity contribution in [1.82, 2.24) is 20.3 Å². The van der Waals surface area contributed by atoms with Gasteiger partial charge in [0, 0.05) is 23.7 Å². The molecule has 3 fully saturated rings. The van der Waals surface area contributed by atoms with E-state index in [9.17, 15) is 9.59 Å². The van der Waals surface area contributed by atoms with Gasteiger partial charge < -0.3 is 24.8 Å². The van der Waals surface area contributed by atoms with Crippen molar-refractivity contribution in [3.8, 4) is 11.6 Å². The van der Waals surface area contributed by atoms with Crippen molar-refractivity contribution in [2.24, 2.45) is 0 Å². The van der Waals surface area contributed by atoms with Crippen LogP contribution in [0, 0.1) is 5.82 Å². The molecule has 204 valence electrons. The van der Waals surface area contributed by atoms with E-state index in [1.54, 1.807) is 12.1 Å². The zero-order chi connectivity index (χ0) is 27.2. The lowest BCUT2D eigenvalue weighted by molar-refractivity contribution is -0.169. The number of Topliss-reactive ketones (excluding diaryl/α,β-unsaturated/α-hetero) is 1. The summed E-state index contributed by atoms with van der Waals surface area (Å²) in [5.74, 6) is -0.300. The van der Waals surface area contributed by atoms with Crippen LogP contribution in [0.3, 0.4) is 0 Å². The van der Waals surface area contributed by atoms with Gasteiger partial charge in [-0.05, 0) is 57.2 Å². The number of ketones is 1. The standard InChI is InChI=1S/C28H30FN5O5/c1-16(35)18(24-19(29)13-30-20-4-6-23(37-2)34-25(20)24)11-28-9-7-27(8-10-28,15-39-28)31-12-17-3-5-21-26(32-17)33-22(36)14-38-21/h3-6,13,18,31H,7-12,14-15H2,1-2H3,(H,32,33,36). The fourth-order valence-corrected chi connectivity index (χ4v) is 5.95. The fourth-order valence-electron chi connectivity index (χ4n) is 5.95. The van der Waals surface area contributed by atoms with E-state index in [0.29, 0.717) is 48.1 Å². The first kappa shape index (κ1) is 25.6. The molecule has 2 saturated heterocycles. The lowest BCUT2D eigenvalue weighted by atomic mass is 9.67. The molecule has 7 rings (SSSR count). The van der Waals surface area contributed by atoms with Crippen molar-refractivity contribution in [3.05, 3.63) is 47.5 Å². The van der Waals surface area contributed by atoms with E-state index in [0.717, 1.165) is 37.6 Å². The van der Waals surface area contributed by atoms with E-state index >= 15 is 4.39 Å². The van der Waals surface area contributed by atoms with E-state index in [4.69, 9.17) is 14.2 Å². The van der Waals surface area contributed by atoms with Gasteiger partial charge in [0.05, 0.1) is 48.2 Å². The van der Waals surface area contributed by atoms with Gasteiger partial charge >= 0.3 is 0 Å². The molecule has 2 bridgehead atoms. The number of nitrogens with zero attached hydrogens (tertiary/aromatic N) is 3. The summed E-state index contributed by atoms with van der Waals surface area (Å²) in [5, 5.41) is 6.37. The maximum absolute atomic E-state index is 15.2. The number of methoxy groups -OCH3 is 1. The third-order valence-electron chi connectivity index (χ3n) is 8.25. The van der Waals surface area contributed by atoms with Crippen LogP contribution in [0.25, 0.3) is 11.0 Å². The van der Waals surface area contributed by atoms with E-state index in [2.05, 4.69) is 25.6 Å². The predicted octanol–water partition coefficient (Wildman–Crippen LogP) is 3.44. The molecular weight excluding hydrogens is 505 g/mol. The normalized spacial score (nSPS) is 24.5. The van der Waals surface area contributed by atoms with Gasteiger partial charge in [0.1, 0.15) is 11.6 Å². The molecular formula is C28H30FN5O5. The minimum atomic E-state index is -0.717. The lowest BCUT2D eigenvalue weighted by Gasteiger charge is -2.54. The molecule has 1 amide bonds. The third-order valence-corrected chi connectivity index (χ3v) is 8.25. The number of carbonyl (C=O) groups excluding carboxylic acids is 2. The number of nitrogens with one attached hydrogen (secondary N) is 2. The molecule has 11 heteroatoms. The number of rotatable bonds is 8. The summed E-state index contributed by atoms with van der Waals surface area (Å²) in [5.41, 5.74) is 1.15. The van der Waals surface area contributed by atoms with E-state index in [1.807, 2.05) is 12.1 Å². The molecule has 10 nitrogen and oxygen atoms in total. The van der Waals surface area contributed by atoms with Gasteiger partial charge in [-0.2, -0.15) is 0 Å². The summed E-state index contributed by atoms with van der Waals surface area (Å²) >= 11 is 0. The Morgan fingerprint density at radius 1 is 1.21 bits per heavy atom. The molecule has 0 spiro atoms. The van der Waals surface area contributed by atoms with Crippen molar-refractivity contribution in [2.45, 2.75) is 62.6 Å². The molecule has 0 radical (unpaired) electrons. The molecule has 2 N–H and O–H groups in total. The van der Waals surface area contributed by atoms with Crippen molar-refractivity contribution >= 4 is 28.5 Å². The molecule has 4 aliphatic rings. The van der Waals surface area contributed by atoms with Gasteiger partial charge in [0.2, 0.25) is 5.88 Å². The predicted molar refractivity (Wildman–Crippen MR) is 139 cm³/mol. The Morgan fingerprint density at radius 3 is 2.74 bits per heavy atom. The molecule has 0 aromatic carbocycles. The smallest absolute Gasteiger partial charge is 0.263 e. The third kappa shape index (κ3) is 4.80. The second kappa shape index (κ2) is 9.80. The first-order valence-corrected chi connectivity index (χ1v) is 13.1. The van der Waals surface area contributed by atoms with Gasteiger partial charge in [-0.15, -0.1) is 0 Å². The van der Waals surface area contributed by atoms with E-state index in [-0.39, 0.29) is 29.4 Å². The Kier molecular flexibility index (Phi) is 6.43. The monoisotopic (exact) mass is 535 g/mol. The number of hydrogen-bond donors (Lipinski definition) is 2. The average Bonchev–Trinajstić information content (AvgIpc) is 2.95. The highest BCUT2D eigenvalue weighted by atomic mass is 19.1. The first-order valence-electron chi connectivity index (χ1n) is 13.1. The Labute approximate surface area is 224 Å². The van der Waals surface area contributed by atoms with Crippen molar-refractivity contribution < 1.29 is 28.2 Å². The van der Waals surface area contributed by atoms with Crippen molar-refractivity contribution in [1.29, 1.82) is 0 Å². The maximum atomic E-state index is 15.2. The number of hydrogen-bond acceptors (Lipinski definition) is 9. The molecule has 1 atom stereocenters. The fraction of sp³-hybridized carbons (Fsp3) is 0.464. The van der Waals surface area contributed by atoms with Crippen LogP contribution in [-0.4, -0.2) is 58.1 Å². The summed E-state index contributed by atoms with van der Waals surface area (Å²) in [4.78, 5) is 37.7. The number of amides is 1. The molecule has 3 aromatic heterocycles. The second-order valence-corrected chi connectivity index (χ2v) is 10.7. The van der Waals surface area contributed by atoms with Crippen LogP contribution in [0.2, 0.25) is 0 Å². The van der Waals surface area contributed by atoms with Crippen LogP contribution < -0.4 is 20.1 Å². The SMILES string of the molecule is COc1ccc2ncc(F)c(C(CC34CCC(NCc5ccc6c(n5)NC(=O)CO6)(CC3)CO4)C(C)=O)c2n1. The summed E-state index contributed by atoms with van der Waals surface area (Å²) < 4.78 is 32.3. The minimum absolute atomic E-state index is 0.00626. The number of fused-ring (bicyclic) bond motifs is 5. The van der Waals surface area contributed by atoms with Gasteiger partial charge in [-0.3, -0.25) is 14.6 Å². The number of pyridine rings is 3. The highest BCUT2D eigenvalue weighted by Crippen LogP contribution is 2.49. The topological polar surface area (TPSA) is 125 Å². The number of ether oxygens (including phenoxy) is 3. The van der Waals surface area contributed by atoms with Gasteiger partial charge in [-0.25, -0.2) is 14.4 Å². The lowest BCUT2D eigenvalue weighted by Crippen LogP contribution is -2.61. The van der Waals surface area contributed by atoms with Crippen LogP contribution in [-0.2, 0) is 20.9 Å². The summed E-state index contributed by atoms with van der Waals surface area (Å²) in [6.45, 7) is 2.47. The molecule has 6 heterocycles. The van der Waals surface area contributed by atoms with E-state index in [1.165, 1.54) is 14.0 Å². The Hall–Kier alpha value is -3.70. The highest BCUT2D eigenvalue weighted by molar-refractivity contribution is 5.94. The largest absolute Gasteiger partial charge is 0.481 e. The molecule has 1 saturated carbocycles. The van der Waals surface area contributed by atoms with Gasteiger partial charge in [-0.1, -0.05) is 0 Å². The summed E-state index contributed by atoms with van der Waals surface area (Å²) in [7, 11) is 1.49. The zero-order valence-electron chi connectivity index (χ0n) is 21.9. The Bertz CT molecular complexity index is 1440. The number of carbonyl (C=O) groups is 2. The molecule has 1 aliphatic carbocycles. The quantitative estimate of drug-likeness (QED) is 0.446. The Morgan fingerprint density at radius 2 is 2.03 bits per heavy atom. The Balaban J connectivity index is 1.17. The van der Waals surface area contributed by atoms with Crippen LogP contribution in [0.1, 0.15) is 56.2 Å². The van der Waals surface area contributed by atoms with Gasteiger partial charge in [0.15, 0.2) is 18.2 Å². The van der Waals surface area contributed by atoms with Crippen LogP contribution in [0.4, 0.5) is 10.2 Å². The molecule has 1 unspecified atom stereocenters. The molecule has 3 aromatic rings. The number of anilines is 1. The van der Waals surface area contributed by atoms with E-state index < -0.39 is 17.3 Å². The number of aromatic nitrogens is 3. The maximum Gasteiger partial charge on any atom is 0.263 e. The summed E-state index contributed by atoms with van der Waals surface area (Å²) in [6.07, 6.45) is 4.73. The molecule has 3 aliphatic heterocycles. The zero-order valence-corrected chi connectivity index (χ0v) is 21.9. The first-order chi connectivity index (χ1) is 18.8. The second-order valence-electron chi connectivity index (χ2n) is 10.7. The van der Waals surface area contributed by atoms with Crippen molar-refractivity contribution in [2.75, 3.05) is 25.6 Å². The summed E-state index contributed by atoms with van der Waals surface area (Å²) in [6, 6.07) is 7.08. The van der Waals surface area contributed by atoms with Crippen LogP contribution >= 0.6 is 0 Å². The van der Waals surface area contributed by atoms with Crippen LogP contribution in [0.5, 0.6) is 11.6 Å². The highest BCUT2D eigenvalue weighted by Gasteiger charge is 2.51. The van der Waals surface area contributed by atoms with Gasteiger partial charge in [0.25, 0.3) is 5.91 Å². The number of halogens is 1. The van der Waals surface area contributed by atoms with Crippen molar-refractivity contribution in [3.63, 3.8) is 0 Å². The molecule has 39 heavy (non-hydrogen) atoms. The minimum Gasteiger partial charge on any atom is -0.481 e. The van der Waals surface area contributed by atoms with Crippen LogP contribution in [0.15, 0.2) is 30.5 Å². The average molecular weight is 536 g/mol.